The smallest absolute Gasteiger partial charge is 0.255 e. The summed E-state index contributed by atoms with van der Waals surface area (Å²) in [6.45, 7) is 0. The number of carbonyl (C=O) groups is 2. The van der Waals surface area contributed by atoms with Crippen LogP contribution in [0.15, 0.2) is 48.5 Å². The molecule has 0 atom stereocenters. The van der Waals surface area contributed by atoms with Gasteiger partial charge in [0.15, 0.2) is 0 Å². The van der Waals surface area contributed by atoms with Crippen LogP contribution >= 0.6 is 0 Å². The molecule has 0 aliphatic heterocycles. The highest BCUT2D eigenvalue weighted by atomic mass is 19.1. The van der Waals surface area contributed by atoms with Crippen molar-refractivity contribution in [3.63, 3.8) is 0 Å². The standard InChI is InChI=1S/C20H21FN2O2/c21-16-5-4-8-18(13-16)23-20(25)15-11-9-14(10-12-15)19(24)22-17-6-2-1-3-7-17/h4-5,8-13,17H,1-3,6-7H2,(H,22,24)(H,23,25). The van der Waals surface area contributed by atoms with Crippen LogP contribution in [0.2, 0.25) is 0 Å². The fourth-order valence-electron chi connectivity index (χ4n) is 3.06. The SMILES string of the molecule is O=C(Nc1cccc(F)c1)c1ccc(C(=O)NC2CCCCC2)cc1. The maximum Gasteiger partial charge on any atom is 0.255 e. The average Bonchev–Trinajstić information content (AvgIpc) is 2.62. The summed E-state index contributed by atoms with van der Waals surface area (Å²) >= 11 is 0. The molecule has 25 heavy (non-hydrogen) atoms. The molecule has 4 nitrogen and oxygen atoms in total. The van der Waals surface area contributed by atoms with Gasteiger partial charge in [0.05, 0.1) is 0 Å². The second kappa shape index (κ2) is 7.92. The summed E-state index contributed by atoms with van der Waals surface area (Å²) in [5.74, 6) is -0.860. The first-order chi connectivity index (χ1) is 12.1. The number of halogens is 1. The molecule has 2 amide bonds. The molecule has 2 aromatic rings. The van der Waals surface area contributed by atoms with Crippen LogP contribution in [0, 0.1) is 5.82 Å². The van der Waals surface area contributed by atoms with Gasteiger partial charge in [0.25, 0.3) is 11.8 Å². The van der Waals surface area contributed by atoms with Gasteiger partial charge in [-0.1, -0.05) is 25.3 Å². The molecule has 3 rings (SSSR count). The zero-order valence-electron chi connectivity index (χ0n) is 13.9. The molecule has 2 N–H and O–H groups in total. The molecule has 130 valence electrons. The van der Waals surface area contributed by atoms with Crippen LogP contribution in [0.5, 0.6) is 0 Å². The Kier molecular flexibility index (Phi) is 5.43. The number of carbonyl (C=O) groups excluding carboxylic acids is 2. The minimum Gasteiger partial charge on any atom is -0.349 e. The van der Waals surface area contributed by atoms with E-state index in [0.717, 1.165) is 25.7 Å². The zero-order valence-corrected chi connectivity index (χ0v) is 13.9. The molecule has 1 aliphatic rings. The lowest BCUT2D eigenvalue weighted by atomic mass is 9.95. The molecule has 1 fully saturated rings. The van der Waals surface area contributed by atoms with Gasteiger partial charge in [-0.25, -0.2) is 4.39 Å². The van der Waals surface area contributed by atoms with Gasteiger partial charge < -0.3 is 10.6 Å². The van der Waals surface area contributed by atoms with Crippen LogP contribution in [-0.4, -0.2) is 17.9 Å². The van der Waals surface area contributed by atoms with E-state index in [9.17, 15) is 14.0 Å². The van der Waals surface area contributed by atoms with Gasteiger partial charge in [-0.2, -0.15) is 0 Å². The summed E-state index contributed by atoms with van der Waals surface area (Å²) in [7, 11) is 0. The zero-order chi connectivity index (χ0) is 17.6. The third-order valence-corrected chi connectivity index (χ3v) is 4.43. The van der Waals surface area contributed by atoms with Crippen LogP contribution in [0.4, 0.5) is 10.1 Å². The molecule has 0 heterocycles. The Hall–Kier alpha value is -2.69. The highest BCUT2D eigenvalue weighted by Gasteiger charge is 2.17. The summed E-state index contributed by atoms with van der Waals surface area (Å²) in [5.41, 5.74) is 1.34. The lowest BCUT2D eigenvalue weighted by Crippen LogP contribution is -2.36. The highest BCUT2D eigenvalue weighted by molar-refractivity contribution is 6.05. The summed E-state index contributed by atoms with van der Waals surface area (Å²) in [6.07, 6.45) is 5.61. The lowest BCUT2D eigenvalue weighted by Gasteiger charge is -2.22. The third-order valence-electron chi connectivity index (χ3n) is 4.43. The second-order valence-electron chi connectivity index (χ2n) is 6.35. The van der Waals surface area contributed by atoms with E-state index in [4.69, 9.17) is 0 Å². The fourth-order valence-corrected chi connectivity index (χ4v) is 3.06. The fraction of sp³-hybridized carbons (Fsp3) is 0.300. The first kappa shape index (κ1) is 17.1. The Labute approximate surface area is 146 Å². The molecule has 0 aromatic heterocycles. The predicted molar refractivity (Wildman–Crippen MR) is 95.1 cm³/mol. The monoisotopic (exact) mass is 340 g/mol. The van der Waals surface area contributed by atoms with Crippen molar-refractivity contribution >= 4 is 17.5 Å². The number of amides is 2. The van der Waals surface area contributed by atoms with E-state index in [-0.39, 0.29) is 17.9 Å². The second-order valence-corrected chi connectivity index (χ2v) is 6.35. The van der Waals surface area contributed by atoms with Crippen molar-refractivity contribution in [2.24, 2.45) is 0 Å². The largest absolute Gasteiger partial charge is 0.349 e. The minimum absolute atomic E-state index is 0.107. The number of nitrogens with one attached hydrogen (secondary N) is 2. The minimum atomic E-state index is -0.410. The number of rotatable bonds is 4. The van der Waals surface area contributed by atoms with Crippen molar-refractivity contribution in [2.45, 2.75) is 38.1 Å². The molecule has 0 radical (unpaired) electrons. The molecular weight excluding hydrogens is 319 g/mol. The molecule has 0 unspecified atom stereocenters. The predicted octanol–water partition coefficient (Wildman–Crippen LogP) is 4.14. The van der Waals surface area contributed by atoms with E-state index in [1.165, 1.54) is 24.6 Å². The molecule has 0 saturated heterocycles. The summed E-state index contributed by atoms with van der Waals surface area (Å²) in [6, 6.07) is 12.4. The van der Waals surface area contributed by atoms with Crippen molar-refractivity contribution in [1.29, 1.82) is 0 Å². The van der Waals surface area contributed by atoms with Crippen LogP contribution < -0.4 is 10.6 Å². The van der Waals surface area contributed by atoms with E-state index in [1.54, 1.807) is 30.3 Å². The molecule has 1 saturated carbocycles. The lowest BCUT2D eigenvalue weighted by molar-refractivity contribution is 0.0926. The van der Waals surface area contributed by atoms with Crippen LogP contribution in [0.25, 0.3) is 0 Å². The number of anilines is 1. The Balaban J connectivity index is 1.61. The van der Waals surface area contributed by atoms with E-state index in [2.05, 4.69) is 10.6 Å². The summed E-state index contributed by atoms with van der Waals surface area (Å²) in [5, 5.41) is 5.68. The van der Waals surface area contributed by atoms with E-state index >= 15 is 0 Å². The highest BCUT2D eigenvalue weighted by Crippen LogP contribution is 2.18. The van der Waals surface area contributed by atoms with Crippen LogP contribution in [-0.2, 0) is 0 Å². The molecular formula is C20H21FN2O2. The van der Waals surface area contributed by atoms with Gasteiger partial charge >= 0.3 is 0 Å². The Morgan fingerprint density at radius 1 is 0.880 bits per heavy atom. The van der Waals surface area contributed by atoms with E-state index in [1.807, 2.05) is 0 Å². The molecule has 0 bridgehead atoms. The normalized spacial score (nSPS) is 14.8. The third kappa shape index (κ3) is 4.66. The number of benzene rings is 2. The topological polar surface area (TPSA) is 58.2 Å². The van der Waals surface area contributed by atoms with Crippen molar-refractivity contribution in [2.75, 3.05) is 5.32 Å². The molecule has 0 spiro atoms. The quantitative estimate of drug-likeness (QED) is 0.879. The summed E-state index contributed by atoms with van der Waals surface area (Å²) < 4.78 is 13.2. The number of hydrogen-bond acceptors (Lipinski definition) is 2. The van der Waals surface area contributed by atoms with Gasteiger partial charge in [0, 0.05) is 22.9 Å². The maximum absolute atomic E-state index is 13.2. The van der Waals surface area contributed by atoms with Crippen LogP contribution in [0.3, 0.4) is 0 Å². The molecule has 1 aliphatic carbocycles. The van der Waals surface area contributed by atoms with Crippen LogP contribution in [0.1, 0.15) is 52.8 Å². The maximum atomic E-state index is 13.2. The Bertz CT molecular complexity index is 753. The first-order valence-corrected chi connectivity index (χ1v) is 8.60. The Morgan fingerprint density at radius 3 is 2.16 bits per heavy atom. The van der Waals surface area contributed by atoms with Gasteiger partial charge in [-0.15, -0.1) is 0 Å². The molecule has 2 aromatic carbocycles. The van der Waals surface area contributed by atoms with E-state index < -0.39 is 5.82 Å². The van der Waals surface area contributed by atoms with Gasteiger partial charge in [0.2, 0.25) is 0 Å². The van der Waals surface area contributed by atoms with Crippen molar-refractivity contribution in [1.82, 2.24) is 5.32 Å². The molecule has 5 heteroatoms. The Morgan fingerprint density at radius 2 is 1.52 bits per heavy atom. The summed E-state index contributed by atoms with van der Waals surface area (Å²) in [4.78, 5) is 24.5. The van der Waals surface area contributed by atoms with Gasteiger partial charge in [-0.3, -0.25) is 9.59 Å². The first-order valence-electron chi connectivity index (χ1n) is 8.60. The van der Waals surface area contributed by atoms with Crippen molar-refractivity contribution in [3.05, 3.63) is 65.5 Å². The number of hydrogen-bond donors (Lipinski definition) is 2. The average molecular weight is 340 g/mol. The van der Waals surface area contributed by atoms with E-state index in [0.29, 0.717) is 16.8 Å². The van der Waals surface area contributed by atoms with Crippen molar-refractivity contribution in [3.8, 4) is 0 Å². The van der Waals surface area contributed by atoms with Crippen molar-refractivity contribution < 1.29 is 14.0 Å². The van der Waals surface area contributed by atoms with Gasteiger partial charge in [0.1, 0.15) is 5.82 Å². The van der Waals surface area contributed by atoms with Gasteiger partial charge in [-0.05, 0) is 55.3 Å².